The van der Waals surface area contributed by atoms with Crippen molar-refractivity contribution in [3.63, 3.8) is 0 Å². The molecule has 108 valence electrons. The van der Waals surface area contributed by atoms with E-state index in [2.05, 4.69) is 9.97 Å². The van der Waals surface area contributed by atoms with Gasteiger partial charge in [-0.1, -0.05) is 13.3 Å². The van der Waals surface area contributed by atoms with Crippen LogP contribution in [0.4, 0.5) is 0 Å². The lowest BCUT2D eigenvalue weighted by Gasteiger charge is -2.26. The maximum atomic E-state index is 12.5. The molecule has 1 saturated heterocycles. The SMILES string of the molecule is CCCC1SCC(C(=O)O)N1C(=O)c1cnc(C)cn1. The second-order valence-electron chi connectivity index (χ2n) is 4.69. The van der Waals surface area contributed by atoms with E-state index in [9.17, 15) is 14.7 Å². The lowest BCUT2D eigenvalue weighted by Crippen LogP contribution is -2.45. The number of aromatic nitrogens is 2. The highest BCUT2D eigenvalue weighted by Gasteiger charge is 2.41. The number of carboxylic acid groups (broad SMARTS) is 1. The van der Waals surface area contributed by atoms with Crippen molar-refractivity contribution in [2.75, 3.05) is 5.75 Å². The topological polar surface area (TPSA) is 83.4 Å². The van der Waals surface area contributed by atoms with Gasteiger partial charge in [-0.05, 0) is 13.3 Å². The molecule has 0 spiro atoms. The fraction of sp³-hybridized carbons (Fsp3) is 0.538. The minimum Gasteiger partial charge on any atom is -0.480 e. The maximum Gasteiger partial charge on any atom is 0.327 e. The van der Waals surface area contributed by atoms with Crippen molar-refractivity contribution < 1.29 is 14.7 Å². The largest absolute Gasteiger partial charge is 0.480 e. The first kappa shape index (κ1) is 14.8. The highest BCUT2D eigenvalue weighted by atomic mass is 32.2. The highest BCUT2D eigenvalue weighted by molar-refractivity contribution is 8.00. The minimum atomic E-state index is -0.968. The summed E-state index contributed by atoms with van der Waals surface area (Å²) in [5, 5.41) is 9.17. The third kappa shape index (κ3) is 2.92. The van der Waals surface area contributed by atoms with Crippen LogP contribution >= 0.6 is 11.8 Å². The molecule has 6 nitrogen and oxygen atoms in total. The van der Waals surface area contributed by atoms with Crippen LogP contribution in [-0.2, 0) is 4.79 Å². The molecule has 7 heteroatoms. The predicted molar refractivity (Wildman–Crippen MR) is 75.5 cm³/mol. The normalized spacial score (nSPS) is 22.0. The fourth-order valence-corrected chi connectivity index (χ4v) is 3.64. The molecule has 2 heterocycles. The van der Waals surface area contributed by atoms with E-state index in [1.54, 1.807) is 6.92 Å². The van der Waals surface area contributed by atoms with Crippen molar-refractivity contribution in [1.29, 1.82) is 0 Å². The number of rotatable bonds is 4. The number of nitrogens with zero attached hydrogens (tertiary/aromatic N) is 3. The standard InChI is InChI=1S/C13H17N3O3S/c1-3-4-11-16(10(7-20-11)13(18)19)12(17)9-6-14-8(2)5-15-9/h5-6,10-11H,3-4,7H2,1-2H3,(H,18,19). The number of hydrogen-bond acceptors (Lipinski definition) is 5. The van der Waals surface area contributed by atoms with Gasteiger partial charge in [0.1, 0.15) is 11.7 Å². The van der Waals surface area contributed by atoms with E-state index in [0.717, 1.165) is 18.5 Å². The Balaban J connectivity index is 2.26. The van der Waals surface area contributed by atoms with Gasteiger partial charge in [-0.15, -0.1) is 11.8 Å². The maximum absolute atomic E-state index is 12.5. The van der Waals surface area contributed by atoms with Gasteiger partial charge in [-0.3, -0.25) is 9.78 Å². The van der Waals surface area contributed by atoms with Crippen LogP contribution in [0.15, 0.2) is 12.4 Å². The van der Waals surface area contributed by atoms with Gasteiger partial charge in [-0.2, -0.15) is 0 Å². The number of aryl methyl sites for hydroxylation is 1. The van der Waals surface area contributed by atoms with Crippen LogP contribution < -0.4 is 0 Å². The Bertz CT molecular complexity index is 506. The monoisotopic (exact) mass is 295 g/mol. The minimum absolute atomic E-state index is 0.100. The molecule has 2 atom stereocenters. The van der Waals surface area contributed by atoms with Crippen LogP contribution in [0.2, 0.25) is 0 Å². The van der Waals surface area contributed by atoms with Crippen molar-refractivity contribution in [2.24, 2.45) is 0 Å². The van der Waals surface area contributed by atoms with Crippen molar-refractivity contribution in [1.82, 2.24) is 14.9 Å². The molecule has 0 aromatic carbocycles. The van der Waals surface area contributed by atoms with E-state index in [0.29, 0.717) is 5.75 Å². The summed E-state index contributed by atoms with van der Waals surface area (Å²) in [6.45, 7) is 3.80. The molecule has 1 N–H and O–H groups in total. The van der Waals surface area contributed by atoms with Crippen molar-refractivity contribution >= 4 is 23.6 Å². The molecule has 0 aliphatic carbocycles. The quantitative estimate of drug-likeness (QED) is 0.907. The van der Waals surface area contributed by atoms with Gasteiger partial charge in [0.2, 0.25) is 0 Å². The molecule has 20 heavy (non-hydrogen) atoms. The summed E-state index contributed by atoms with van der Waals surface area (Å²) in [5.74, 6) is -0.900. The van der Waals surface area contributed by atoms with Gasteiger partial charge >= 0.3 is 5.97 Å². The van der Waals surface area contributed by atoms with Crippen LogP contribution in [0.25, 0.3) is 0 Å². The molecule has 1 amide bonds. The van der Waals surface area contributed by atoms with Crippen LogP contribution in [0.3, 0.4) is 0 Å². The third-order valence-electron chi connectivity index (χ3n) is 3.15. The van der Waals surface area contributed by atoms with Crippen LogP contribution in [-0.4, -0.2) is 49.0 Å². The smallest absolute Gasteiger partial charge is 0.327 e. The zero-order valence-corrected chi connectivity index (χ0v) is 12.3. The Morgan fingerprint density at radius 1 is 1.45 bits per heavy atom. The lowest BCUT2D eigenvalue weighted by atomic mass is 10.2. The fourth-order valence-electron chi connectivity index (χ4n) is 2.13. The number of carbonyl (C=O) groups is 2. The van der Waals surface area contributed by atoms with Crippen LogP contribution in [0, 0.1) is 6.92 Å². The number of carboxylic acids is 1. The second-order valence-corrected chi connectivity index (χ2v) is 5.90. The molecular weight excluding hydrogens is 278 g/mol. The number of aliphatic carboxylic acids is 1. The predicted octanol–water partition coefficient (Wildman–Crippen LogP) is 1.55. The van der Waals surface area contributed by atoms with Crippen molar-refractivity contribution in [3.8, 4) is 0 Å². The summed E-state index contributed by atoms with van der Waals surface area (Å²) >= 11 is 1.51. The van der Waals surface area contributed by atoms with Crippen LogP contribution in [0.1, 0.15) is 35.9 Å². The Morgan fingerprint density at radius 3 is 2.75 bits per heavy atom. The molecule has 0 bridgehead atoms. The summed E-state index contributed by atoms with van der Waals surface area (Å²) < 4.78 is 0. The number of amides is 1. The molecule has 1 aromatic rings. The van der Waals surface area contributed by atoms with E-state index in [-0.39, 0.29) is 17.0 Å². The van der Waals surface area contributed by atoms with Gasteiger partial charge in [0.15, 0.2) is 0 Å². The molecular formula is C13H17N3O3S. The average molecular weight is 295 g/mol. The number of carbonyl (C=O) groups excluding carboxylic acids is 1. The van der Waals surface area contributed by atoms with Crippen molar-refractivity contribution in [2.45, 2.75) is 38.1 Å². The first-order chi connectivity index (χ1) is 9.54. The summed E-state index contributed by atoms with van der Waals surface area (Å²) in [6.07, 6.45) is 4.59. The molecule has 2 rings (SSSR count). The molecule has 1 aromatic heterocycles. The molecule has 1 aliphatic rings. The van der Waals surface area contributed by atoms with E-state index >= 15 is 0 Å². The highest BCUT2D eigenvalue weighted by Crippen LogP contribution is 2.33. The van der Waals surface area contributed by atoms with Gasteiger partial charge < -0.3 is 10.0 Å². The molecule has 2 unspecified atom stereocenters. The first-order valence-electron chi connectivity index (χ1n) is 6.50. The summed E-state index contributed by atoms with van der Waals surface area (Å²) in [6, 6.07) is -0.785. The van der Waals surface area contributed by atoms with E-state index in [1.807, 2.05) is 6.92 Å². The van der Waals surface area contributed by atoms with Crippen molar-refractivity contribution in [3.05, 3.63) is 23.8 Å². The summed E-state index contributed by atoms with van der Waals surface area (Å²) in [4.78, 5) is 33.4. The average Bonchev–Trinajstić information content (AvgIpc) is 2.83. The Labute approximate surface area is 121 Å². The van der Waals surface area contributed by atoms with Gasteiger partial charge in [0.25, 0.3) is 5.91 Å². The lowest BCUT2D eigenvalue weighted by molar-refractivity contribution is -0.141. The van der Waals surface area contributed by atoms with Crippen LogP contribution in [0.5, 0.6) is 0 Å². The first-order valence-corrected chi connectivity index (χ1v) is 7.55. The zero-order chi connectivity index (χ0) is 14.7. The Morgan fingerprint density at radius 2 is 2.20 bits per heavy atom. The zero-order valence-electron chi connectivity index (χ0n) is 11.4. The Hall–Kier alpha value is -1.63. The molecule has 0 saturated carbocycles. The van der Waals surface area contributed by atoms with E-state index < -0.39 is 12.0 Å². The van der Waals surface area contributed by atoms with E-state index in [1.165, 1.54) is 29.1 Å². The van der Waals surface area contributed by atoms with Gasteiger partial charge in [-0.25, -0.2) is 9.78 Å². The number of thioether (sulfide) groups is 1. The Kier molecular flexibility index (Phi) is 4.59. The molecule has 1 aliphatic heterocycles. The van der Waals surface area contributed by atoms with Gasteiger partial charge in [0.05, 0.1) is 17.3 Å². The number of hydrogen-bond donors (Lipinski definition) is 1. The van der Waals surface area contributed by atoms with E-state index in [4.69, 9.17) is 0 Å². The second kappa shape index (κ2) is 6.21. The third-order valence-corrected chi connectivity index (χ3v) is 4.50. The molecule has 1 fully saturated rings. The van der Waals surface area contributed by atoms with Gasteiger partial charge in [0, 0.05) is 11.9 Å². The summed E-state index contributed by atoms with van der Waals surface area (Å²) in [5.41, 5.74) is 0.919. The molecule has 0 radical (unpaired) electrons. The summed E-state index contributed by atoms with van der Waals surface area (Å²) in [7, 11) is 0.